The second-order valence-electron chi connectivity index (χ2n) is 6.21. The SMILES string of the molecule is COc1cccc2c1OC(=O)N(c1ccc(Cl)cc1)C2CC(=O)c1cccs1. The van der Waals surface area contributed by atoms with Gasteiger partial charge < -0.3 is 9.47 Å². The number of para-hydroxylation sites is 1. The minimum Gasteiger partial charge on any atom is -0.493 e. The molecule has 7 heteroatoms. The summed E-state index contributed by atoms with van der Waals surface area (Å²) in [5.41, 5.74) is 1.32. The van der Waals surface area contributed by atoms with E-state index < -0.39 is 12.1 Å². The molecule has 0 bridgehead atoms. The van der Waals surface area contributed by atoms with Crippen LogP contribution < -0.4 is 14.4 Å². The number of methoxy groups -OCH3 is 1. The smallest absolute Gasteiger partial charge is 0.420 e. The van der Waals surface area contributed by atoms with Crippen molar-refractivity contribution in [3.05, 3.63) is 75.4 Å². The van der Waals surface area contributed by atoms with E-state index in [0.29, 0.717) is 27.1 Å². The number of ketones is 1. The Hall–Kier alpha value is -2.83. The van der Waals surface area contributed by atoms with Gasteiger partial charge in [-0.25, -0.2) is 4.79 Å². The highest BCUT2D eigenvalue weighted by Gasteiger charge is 2.38. The standard InChI is InChI=1S/C21H16ClNO4S/c1-26-18-5-2-4-15-16(12-17(24)19-6-3-11-28-19)23(21(25)27-20(15)18)14-9-7-13(22)8-10-14/h2-11,16H,12H2,1H3. The van der Waals surface area contributed by atoms with Gasteiger partial charge in [0.25, 0.3) is 0 Å². The molecule has 5 nitrogen and oxygen atoms in total. The summed E-state index contributed by atoms with van der Waals surface area (Å²) in [5, 5.41) is 2.42. The van der Waals surface area contributed by atoms with Crippen molar-refractivity contribution in [1.29, 1.82) is 0 Å². The van der Waals surface area contributed by atoms with Gasteiger partial charge in [0.1, 0.15) is 0 Å². The number of ether oxygens (including phenoxy) is 2. The maximum absolute atomic E-state index is 12.9. The Labute approximate surface area is 171 Å². The van der Waals surface area contributed by atoms with Crippen LogP contribution in [0.15, 0.2) is 60.0 Å². The highest BCUT2D eigenvalue weighted by atomic mass is 35.5. The van der Waals surface area contributed by atoms with Crippen LogP contribution in [0.1, 0.15) is 27.7 Å². The summed E-state index contributed by atoms with van der Waals surface area (Å²) in [6.45, 7) is 0. The Kier molecular flexibility index (Phi) is 5.07. The number of Topliss-reactive ketones (excluding diaryl/α,β-unsaturated/α-hetero) is 1. The third kappa shape index (κ3) is 3.37. The molecule has 1 aromatic heterocycles. The van der Waals surface area contributed by atoms with Crippen molar-refractivity contribution < 1.29 is 19.1 Å². The van der Waals surface area contributed by atoms with Crippen molar-refractivity contribution in [2.24, 2.45) is 0 Å². The lowest BCUT2D eigenvalue weighted by atomic mass is 9.96. The van der Waals surface area contributed by atoms with Crippen LogP contribution in [-0.2, 0) is 0 Å². The summed E-state index contributed by atoms with van der Waals surface area (Å²) < 4.78 is 10.9. The predicted molar refractivity (Wildman–Crippen MR) is 109 cm³/mol. The Balaban J connectivity index is 1.80. The molecule has 0 saturated carbocycles. The Morgan fingerprint density at radius 3 is 2.64 bits per heavy atom. The zero-order chi connectivity index (χ0) is 19.7. The van der Waals surface area contributed by atoms with E-state index in [4.69, 9.17) is 21.1 Å². The van der Waals surface area contributed by atoms with Crippen LogP contribution in [0.4, 0.5) is 10.5 Å². The van der Waals surface area contributed by atoms with E-state index in [1.165, 1.54) is 23.3 Å². The number of rotatable bonds is 5. The van der Waals surface area contributed by atoms with E-state index in [9.17, 15) is 9.59 Å². The van der Waals surface area contributed by atoms with E-state index in [1.807, 2.05) is 23.6 Å². The number of halogens is 1. The lowest BCUT2D eigenvalue weighted by Gasteiger charge is -2.36. The number of benzene rings is 2. The first-order chi connectivity index (χ1) is 13.6. The van der Waals surface area contributed by atoms with Gasteiger partial charge in [-0.1, -0.05) is 29.8 Å². The molecular formula is C21H16ClNO4S. The monoisotopic (exact) mass is 413 g/mol. The van der Waals surface area contributed by atoms with Crippen LogP contribution in [0.25, 0.3) is 0 Å². The number of anilines is 1. The van der Waals surface area contributed by atoms with E-state index in [2.05, 4.69) is 0 Å². The van der Waals surface area contributed by atoms with Gasteiger partial charge in [-0.15, -0.1) is 11.3 Å². The average molecular weight is 414 g/mol. The van der Waals surface area contributed by atoms with Crippen LogP contribution in [0.5, 0.6) is 11.5 Å². The van der Waals surface area contributed by atoms with Crippen molar-refractivity contribution in [3.8, 4) is 11.5 Å². The first kappa shape index (κ1) is 18.5. The van der Waals surface area contributed by atoms with Crippen LogP contribution in [0.3, 0.4) is 0 Å². The summed E-state index contributed by atoms with van der Waals surface area (Å²) in [6.07, 6.45) is -0.443. The highest BCUT2D eigenvalue weighted by molar-refractivity contribution is 7.12. The second kappa shape index (κ2) is 7.66. The molecule has 0 N–H and O–H groups in total. The molecule has 0 radical (unpaired) electrons. The molecule has 2 heterocycles. The van der Waals surface area contributed by atoms with Crippen LogP contribution in [-0.4, -0.2) is 19.0 Å². The number of hydrogen-bond donors (Lipinski definition) is 0. The highest BCUT2D eigenvalue weighted by Crippen LogP contribution is 2.44. The largest absolute Gasteiger partial charge is 0.493 e. The van der Waals surface area contributed by atoms with Gasteiger partial charge in [0, 0.05) is 22.7 Å². The maximum Gasteiger partial charge on any atom is 0.420 e. The van der Waals surface area contributed by atoms with Crippen LogP contribution >= 0.6 is 22.9 Å². The number of fused-ring (bicyclic) bond motifs is 1. The molecule has 1 atom stereocenters. The number of carbonyl (C=O) groups excluding carboxylic acids is 2. The molecule has 3 aromatic rings. The molecule has 0 fully saturated rings. The summed E-state index contributed by atoms with van der Waals surface area (Å²) >= 11 is 7.37. The van der Waals surface area contributed by atoms with Gasteiger partial charge in [0.15, 0.2) is 17.3 Å². The second-order valence-corrected chi connectivity index (χ2v) is 7.60. The fourth-order valence-corrected chi connectivity index (χ4v) is 4.07. The normalized spacial score (nSPS) is 15.7. The number of amides is 1. The topological polar surface area (TPSA) is 55.8 Å². The molecule has 0 aliphatic carbocycles. The van der Waals surface area contributed by atoms with Gasteiger partial charge in [-0.3, -0.25) is 9.69 Å². The van der Waals surface area contributed by atoms with Crippen LogP contribution in [0, 0.1) is 0 Å². The number of nitrogens with zero attached hydrogens (tertiary/aromatic N) is 1. The number of thiophene rings is 1. The molecule has 4 rings (SSSR count). The number of hydrogen-bond acceptors (Lipinski definition) is 5. The quantitative estimate of drug-likeness (QED) is 0.500. The third-order valence-corrected chi connectivity index (χ3v) is 5.73. The average Bonchev–Trinajstić information content (AvgIpc) is 3.23. The van der Waals surface area contributed by atoms with E-state index in [1.54, 1.807) is 36.4 Å². The van der Waals surface area contributed by atoms with E-state index in [-0.39, 0.29) is 12.2 Å². The Morgan fingerprint density at radius 1 is 1.18 bits per heavy atom. The molecule has 1 unspecified atom stereocenters. The fourth-order valence-electron chi connectivity index (χ4n) is 3.27. The predicted octanol–water partition coefficient (Wildman–Crippen LogP) is 5.74. The molecule has 0 saturated heterocycles. The Bertz CT molecular complexity index is 1020. The molecule has 142 valence electrons. The van der Waals surface area contributed by atoms with E-state index in [0.717, 1.165) is 5.56 Å². The third-order valence-electron chi connectivity index (χ3n) is 4.57. The molecule has 0 spiro atoms. The van der Waals surface area contributed by atoms with Gasteiger partial charge in [-0.05, 0) is 41.8 Å². The first-order valence-corrected chi connectivity index (χ1v) is 9.84. The summed E-state index contributed by atoms with van der Waals surface area (Å²) in [6, 6.07) is 15.3. The van der Waals surface area contributed by atoms with Crippen molar-refractivity contribution >= 4 is 40.5 Å². The first-order valence-electron chi connectivity index (χ1n) is 8.58. The molecule has 28 heavy (non-hydrogen) atoms. The van der Waals surface area contributed by atoms with Crippen LogP contribution in [0.2, 0.25) is 5.02 Å². The minimum absolute atomic E-state index is 0.0394. The minimum atomic E-state index is -0.566. The zero-order valence-electron chi connectivity index (χ0n) is 14.9. The lowest BCUT2D eigenvalue weighted by molar-refractivity contribution is 0.0974. The summed E-state index contributed by atoms with van der Waals surface area (Å²) in [4.78, 5) is 27.9. The summed E-state index contributed by atoms with van der Waals surface area (Å²) in [5.74, 6) is 0.766. The van der Waals surface area contributed by atoms with Gasteiger partial charge >= 0.3 is 6.09 Å². The van der Waals surface area contributed by atoms with Crippen molar-refractivity contribution in [2.45, 2.75) is 12.5 Å². The number of carbonyl (C=O) groups is 2. The Morgan fingerprint density at radius 2 is 1.96 bits per heavy atom. The fraction of sp³-hybridized carbons (Fsp3) is 0.143. The lowest BCUT2D eigenvalue weighted by Crippen LogP contribution is -2.42. The molecular weight excluding hydrogens is 398 g/mol. The van der Waals surface area contributed by atoms with E-state index >= 15 is 0 Å². The van der Waals surface area contributed by atoms with Gasteiger partial charge in [0.2, 0.25) is 0 Å². The molecule has 1 aliphatic heterocycles. The van der Waals surface area contributed by atoms with Crippen molar-refractivity contribution in [1.82, 2.24) is 0 Å². The summed E-state index contributed by atoms with van der Waals surface area (Å²) in [7, 11) is 1.51. The molecule has 2 aromatic carbocycles. The molecule has 1 amide bonds. The maximum atomic E-state index is 12.9. The van der Waals surface area contributed by atoms with Crippen molar-refractivity contribution in [3.63, 3.8) is 0 Å². The van der Waals surface area contributed by atoms with Gasteiger partial charge in [0.05, 0.1) is 18.0 Å². The van der Waals surface area contributed by atoms with Gasteiger partial charge in [-0.2, -0.15) is 0 Å². The zero-order valence-corrected chi connectivity index (χ0v) is 16.5. The van der Waals surface area contributed by atoms with Crippen molar-refractivity contribution in [2.75, 3.05) is 12.0 Å². The molecule has 1 aliphatic rings.